The van der Waals surface area contributed by atoms with Gasteiger partial charge in [0.05, 0.1) is 17.5 Å². The van der Waals surface area contributed by atoms with Gasteiger partial charge in [-0.2, -0.15) is 5.26 Å². The first-order valence-corrected chi connectivity index (χ1v) is 9.03. The summed E-state index contributed by atoms with van der Waals surface area (Å²) in [5.41, 5.74) is 3.48. The van der Waals surface area contributed by atoms with Crippen molar-refractivity contribution in [1.29, 1.82) is 5.26 Å². The van der Waals surface area contributed by atoms with E-state index in [0.717, 1.165) is 16.8 Å². The molecule has 5 nitrogen and oxygen atoms in total. The van der Waals surface area contributed by atoms with Crippen LogP contribution in [0.5, 0.6) is 0 Å². The molecule has 6 heteroatoms. The zero-order chi connectivity index (χ0) is 17.9. The minimum Gasteiger partial charge on any atom is -0.355 e. The second-order valence-corrected chi connectivity index (χ2v) is 6.55. The average Bonchev–Trinajstić information content (AvgIpc) is 3.12. The highest BCUT2D eigenvalue weighted by Gasteiger charge is 2.17. The van der Waals surface area contributed by atoms with Crippen molar-refractivity contribution in [2.45, 2.75) is 5.16 Å². The van der Waals surface area contributed by atoms with Crippen molar-refractivity contribution in [3.05, 3.63) is 77.2 Å². The maximum Gasteiger partial charge on any atom is 0.283 e. The topological polar surface area (TPSA) is 74.5 Å². The predicted octanol–water partition coefficient (Wildman–Crippen LogP) is 4.00. The number of aromatic amines is 1. The fraction of sp³-hybridized carbons (Fsp3) is 0.0500. The van der Waals surface area contributed by atoms with Crippen LogP contribution < -0.4 is 5.56 Å². The quantitative estimate of drug-likeness (QED) is 0.442. The monoisotopic (exact) mass is 358 g/mol. The average molecular weight is 358 g/mol. The Morgan fingerprint density at radius 3 is 2.46 bits per heavy atom. The van der Waals surface area contributed by atoms with Gasteiger partial charge in [0.1, 0.15) is 11.0 Å². The summed E-state index contributed by atoms with van der Waals surface area (Å²) in [7, 11) is 0. The number of nitrogens with one attached hydrogen (secondary N) is 1. The number of nitrogens with zero attached hydrogens (tertiary/aromatic N) is 3. The number of nitriles is 1. The maximum atomic E-state index is 13.2. The van der Waals surface area contributed by atoms with Gasteiger partial charge in [-0.15, -0.1) is 0 Å². The first-order chi connectivity index (χ1) is 12.8. The van der Waals surface area contributed by atoms with Gasteiger partial charge in [0.2, 0.25) is 0 Å². The molecule has 0 fully saturated rings. The standard InChI is InChI=1S/C20H14N4OS/c21-11-12-26-20-23-17-16(14-7-3-1-4-8-14)13-22-18(17)19(25)24(20)15-9-5-2-6-10-15/h1-10,13,22H,12H2. The molecule has 26 heavy (non-hydrogen) atoms. The SMILES string of the molecule is N#CCSc1nc2c(-c3ccccc3)c[nH]c2c(=O)n1-c1ccccc1. The Bertz CT molecular complexity index is 1160. The second-order valence-electron chi connectivity index (χ2n) is 5.61. The van der Waals surface area contributed by atoms with Crippen LogP contribution in [0.15, 0.2) is 76.8 Å². The highest BCUT2D eigenvalue weighted by Crippen LogP contribution is 2.28. The molecule has 0 saturated heterocycles. The molecule has 0 atom stereocenters. The molecule has 4 rings (SSSR count). The van der Waals surface area contributed by atoms with E-state index in [2.05, 4.69) is 11.1 Å². The molecular weight excluding hydrogens is 344 g/mol. The number of rotatable bonds is 4. The van der Waals surface area contributed by atoms with Crippen LogP contribution >= 0.6 is 11.8 Å². The molecule has 2 aromatic heterocycles. The van der Waals surface area contributed by atoms with E-state index in [1.54, 1.807) is 4.57 Å². The van der Waals surface area contributed by atoms with Crippen molar-refractivity contribution in [3.8, 4) is 22.9 Å². The van der Waals surface area contributed by atoms with Crippen molar-refractivity contribution in [2.24, 2.45) is 0 Å². The van der Waals surface area contributed by atoms with E-state index >= 15 is 0 Å². The molecule has 0 radical (unpaired) electrons. The molecule has 126 valence electrons. The number of thioether (sulfide) groups is 1. The highest BCUT2D eigenvalue weighted by molar-refractivity contribution is 7.99. The summed E-state index contributed by atoms with van der Waals surface area (Å²) in [5, 5.41) is 9.48. The normalized spacial score (nSPS) is 10.7. The van der Waals surface area contributed by atoms with Crippen LogP contribution in [-0.2, 0) is 0 Å². The lowest BCUT2D eigenvalue weighted by molar-refractivity contribution is 0.819. The molecule has 2 heterocycles. The van der Waals surface area contributed by atoms with Crippen LogP contribution in [-0.4, -0.2) is 20.3 Å². The van der Waals surface area contributed by atoms with E-state index < -0.39 is 0 Å². The van der Waals surface area contributed by atoms with E-state index in [0.29, 0.717) is 16.2 Å². The van der Waals surface area contributed by atoms with Gasteiger partial charge < -0.3 is 4.98 Å². The fourth-order valence-corrected chi connectivity index (χ4v) is 3.54. The summed E-state index contributed by atoms with van der Waals surface area (Å²) in [4.78, 5) is 21.0. The smallest absolute Gasteiger partial charge is 0.283 e. The van der Waals surface area contributed by atoms with Gasteiger partial charge in [-0.25, -0.2) is 4.98 Å². The number of H-pyrrole nitrogens is 1. The van der Waals surface area contributed by atoms with E-state index in [4.69, 9.17) is 10.2 Å². The maximum absolute atomic E-state index is 13.2. The Morgan fingerprint density at radius 2 is 1.77 bits per heavy atom. The Labute approximate surface area is 153 Å². The second kappa shape index (κ2) is 6.90. The molecule has 0 saturated carbocycles. The molecule has 0 bridgehead atoms. The molecular formula is C20H14N4OS. The Hall–Kier alpha value is -3.30. The molecule has 2 aromatic carbocycles. The summed E-state index contributed by atoms with van der Waals surface area (Å²) >= 11 is 1.26. The zero-order valence-electron chi connectivity index (χ0n) is 13.7. The van der Waals surface area contributed by atoms with E-state index in [1.165, 1.54) is 11.8 Å². The third kappa shape index (κ3) is 2.79. The Morgan fingerprint density at radius 1 is 1.08 bits per heavy atom. The van der Waals surface area contributed by atoms with E-state index in [1.807, 2.05) is 66.9 Å². The largest absolute Gasteiger partial charge is 0.355 e. The van der Waals surface area contributed by atoms with Gasteiger partial charge >= 0.3 is 0 Å². The van der Waals surface area contributed by atoms with Crippen LogP contribution in [0.2, 0.25) is 0 Å². The summed E-state index contributed by atoms with van der Waals surface area (Å²) in [6.07, 6.45) is 1.81. The highest BCUT2D eigenvalue weighted by atomic mass is 32.2. The third-order valence-electron chi connectivity index (χ3n) is 4.03. The number of fused-ring (bicyclic) bond motifs is 1. The van der Waals surface area contributed by atoms with Crippen LogP contribution in [0.25, 0.3) is 27.8 Å². The summed E-state index contributed by atoms with van der Waals surface area (Å²) in [6, 6.07) is 21.3. The zero-order valence-corrected chi connectivity index (χ0v) is 14.5. The van der Waals surface area contributed by atoms with Crippen molar-refractivity contribution in [1.82, 2.24) is 14.5 Å². The van der Waals surface area contributed by atoms with Gasteiger partial charge in [0.15, 0.2) is 5.16 Å². The first-order valence-electron chi connectivity index (χ1n) is 8.04. The van der Waals surface area contributed by atoms with Crippen molar-refractivity contribution in [3.63, 3.8) is 0 Å². The first kappa shape index (κ1) is 16.2. The molecule has 0 unspecified atom stereocenters. The molecule has 4 aromatic rings. The fourth-order valence-electron chi connectivity index (χ4n) is 2.88. The summed E-state index contributed by atoms with van der Waals surface area (Å²) < 4.78 is 1.55. The summed E-state index contributed by atoms with van der Waals surface area (Å²) in [5.74, 6) is 0.218. The lowest BCUT2D eigenvalue weighted by atomic mass is 10.1. The van der Waals surface area contributed by atoms with E-state index in [-0.39, 0.29) is 11.3 Å². The molecule has 1 N–H and O–H groups in total. The molecule has 0 aliphatic heterocycles. The van der Waals surface area contributed by atoms with E-state index in [9.17, 15) is 4.79 Å². The van der Waals surface area contributed by atoms with Gasteiger partial charge in [-0.05, 0) is 17.7 Å². The number of aromatic nitrogens is 3. The van der Waals surface area contributed by atoms with Crippen LogP contribution in [0, 0.1) is 11.3 Å². The predicted molar refractivity (Wildman–Crippen MR) is 103 cm³/mol. The van der Waals surface area contributed by atoms with Gasteiger partial charge in [-0.3, -0.25) is 9.36 Å². The van der Waals surface area contributed by atoms with Crippen LogP contribution in [0.1, 0.15) is 0 Å². The lowest BCUT2D eigenvalue weighted by Crippen LogP contribution is -2.21. The Balaban J connectivity index is 2.00. The third-order valence-corrected chi connectivity index (χ3v) is 4.84. The molecule has 0 amide bonds. The van der Waals surface area contributed by atoms with Crippen molar-refractivity contribution >= 4 is 22.8 Å². The minimum absolute atomic E-state index is 0.177. The minimum atomic E-state index is -0.177. The molecule has 0 aliphatic rings. The molecule has 0 aliphatic carbocycles. The number of para-hydroxylation sites is 1. The van der Waals surface area contributed by atoms with Crippen molar-refractivity contribution < 1.29 is 0 Å². The van der Waals surface area contributed by atoms with Crippen LogP contribution in [0.3, 0.4) is 0 Å². The van der Waals surface area contributed by atoms with Gasteiger partial charge in [0.25, 0.3) is 5.56 Å². The number of benzene rings is 2. The van der Waals surface area contributed by atoms with Crippen molar-refractivity contribution in [2.75, 3.05) is 5.75 Å². The lowest BCUT2D eigenvalue weighted by Gasteiger charge is -2.11. The number of hydrogen-bond acceptors (Lipinski definition) is 4. The molecule has 0 spiro atoms. The number of hydrogen-bond donors (Lipinski definition) is 1. The van der Waals surface area contributed by atoms with Gasteiger partial charge in [-0.1, -0.05) is 60.3 Å². The van der Waals surface area contributed by atoms with Gasteiger partial charge in [0, 0.05) is 11.8 Å². The Kier molecular flexibility index (Phi) is 4.30. The van der Waals surface area contributed by atoms with Crippen LogP contribution in [0.4, 0.5) is 0 Å². The summed E-state index contributed by atoms with van der Waals surface area (Å²) in [6.45, 7) is 0.